The molecule has 2 N–H and O–H groups in total. The predicted octanol–water partition coefficient (Wildman–Crippen LogP) is 15.7. The summed E-state index contributed by atoms with van der Waals surface area (Å²) in [4.78, 5) is 25.9. The molecule has 0 saturated heterocycles. The lowest BCUT2D eigenvalue weighted by atomic mass is 10.0. The van der Waals surface area contributed by atoms with E-state index in [0.29, 0.717) is 22.1 Å². The number of likely N-dealkylation sites (N-methyl/N-ethyl adjacent to an activating group) is 2. The van der Waals surface area contributed by atoms with Gasteiger partial charge in [0.25, 0.3) is 11.8 Å². The second-order valence-corrected chi connectivity index (χ2v) is 21.1. The molecule has 0 unspecified atom stereocenters. The highest BCUT2D eigenvalue weighted by molar-refractivity contribution is 5.92. The van der Waals surface area contributed by atoms with Gasteiger partial charge in [0.05, 0.1) is 54.5 Å². The SMILES string of the molecule is CCCCCCCCCCCCCCCCOc1ccc(NC(=O)C[N+](C)(C)CCCCCC[N+](C)(C)CC(=O)Nc2ccc(OCCCCCCCCCCCCCCCC)cc2)cc1. The number of ether oxygens (including phenoxy) is 2. The molecule has 0 aliphatic rings. The van der Waals surface area contributed by atoms with E-state index in [9.17, 15) is 9.59 Å². The van der Waals surface area contributed by atoms with Gasteiger partial charge in [-0.15, -0.1) is 0 Å². The Bertz CT molecular complexity index is 1330. The Morgan fingerprint density at radius 2 is 0.606 bits per heavy atom. The van der Waals surface area contributed by atoms with E-state index in [1.54, 1.807) is 0 Å². The third-order valence-corrected chi connectivity index (χ3v) is 13.2. The van der Waals surface area contributed by atoms with Crippen molar-refractivity contribution in [2.45, 2.75) is 219 Å². The summed E-state index contributed by atoms with van der Waals surface area (Å²) in [7, 11) is 8.53. The van der Waals surface area contributed by atoms with Crippen LogP contribution in [-0.4, -0.2) is 88.4 Å². The zero-order valence-corrected chi connectivity index (χ0v) is 44.0. The molecule has 2 rings (SSSR count). The Balaban J connectivity index is 1.46. The molecule has 0 atom stereocenters. The number of hydrogen-bond donors (Lipinski definition) is 2. The Hall–Kier alpha value is -3.10. The quantitative estimate of drug-likeness (QED) is 0.0513. The van der Waals surface area contributed by atoms with Gasteiger partial charge in [0.15, 0.2) is 13.1 Å². The Morgan fingerprint density at radius 3 is 0.879 bits per heavy atom. The van der Waals surface area contributed by atoms with Gasteiger partial charge in [-0.2, -0.15) is 0 Å². The lowest BCUT2D eigenvalue weighted by molar-refractivity contribution is -0.883. The van der Waals surface area contributed by atoms with Gasteiger partial charge in [0.1, 0.15) is 11.5 Å². The topological polar surface area (TPSA) is 76.7 Å². The van der Waals surface area contributed by atoms with Crippen molar-refractivity contribution in [2.24, 2.45) is 0 Å². The van der Waals surface area contributed by atoms with Crippen LogP contribution in [0.15, 0.2) is 48.5 Å². The first-order valence-corrected chi connectivity index (χ1v) is 27.7. The van der Waals surface area contributed by atoms with E-state index in [1.807, 2.05) is 48.5 Å². The van der Waals surface area contributed by atoms with Crippen LogP contribution in [0.3, 0.4) is 0 Å². The van der Waals surface area contributed by atoms with Gasteiger partial charge in [-0.1, -0.05) is 181 Å². The fourth-order valence-corrected chi connectivity index (χ4v) is 9.01. The van der Waals surface area contributed by atoms with Crippen LogP contribution in [-0.2, 0) is 9.59 Å². The number of benzene rings is 2. The number of nitrogens with one attached hydrogen (secondary N) is 2. The molecule has 0 spiro atoms. The zero-order chi connectivity index (χ0) is 47.8. The van der Waals surface area contributed by atoms with Gasteiger partial charge in [-0.25, -0.2) is 0 Å². The van der Waals surface area contributed by atoms with Crippen molar-refractivity contribution in [1.29, 1.82) is 0 Å². The molecule has 0 aliphatic heterocycles. The van der Waals surface area contributed by atoms with Crippen LogP contribution >= 0.6 is 0 Å². The third kappa shape index (κ3) is 34.2. The molecule has 2 aromatic carbocycles. The van der Waals surface area contributed by atoms with Crippen molar-refractivity contribution < 1.29 is 28.0 Å². The maximum absolute atomic E-state index is 12.9. The summed E-state index contributed by atoms with van der Waals surface area (Å²) in [6.45, 7) is 8.83. The average molecular weight is 921 g/mol. The molecule has 0 aromatic heterocycles. The molecular weight excluding hydrogens is 817 g/mol. The normalized spacial score (nSPS) is 11.8. The number of unbranched alkanes of at least 4 members (excludes halogenated alkanes) is 29. The molecule has 378 valence electrons. The minimum absolute atomic E-state index is 0.0353. The van der Waals surface area contributed by atoms with E-state index in [2.05, 4.69) is 52.7 Å². The van der Waals surface area contributed by atoms with Gasteiger partial charge in [-0.05, 0) is 87.1 Å². The number of hydrogen-bond acceptors (Lipinski definition) is 4. The second-order valence-electron chi connectivity index (χ2n) is 21.1. The summed E-state index contributed by atoms with van der Waals surface area (Å²) in [6.07, 6.45) is 42.3. The second kappa shape index (κ2) is 38.8. The molecule has 8 heteroatoms. The predicted molar refractivity (Wildman–Crippen MR) is 284 cm³/mol. The molecule has 2 amide bonds. The minimum Gasteiger partial charge on any atom is -0.494 e. The highest BCUT2D eigenvalue weighted by Gasteiger charge is 2.22. The molecule has 0 fully saturated rings. The Labute approximate surface area is 407 Å². The van der Waals surface area contributed by atoms with Crippen LogP contribution < -0.4 is 20.1 Å². The Morgan fingerprint density at radius 1 is 0.364 bits per heavy atom. The van der Waals surface area contributed by atoms with Crippen LogP contribution in [0.25, 0.3) is 0 Å². The van der Waals surface area contributed by atoms with Gasteiger partial charge in [-0.3, -0.25) is 9.59 Å². The number of quaternary nitrogens is 2. The fourth-order valence-electron chi connectivity index (χ4n) is 9.01. The molecule has 8 nitrogen and oxygen atoms in total. The fraction of sp³-hybridized carbons (Fsp3) is 0.759. The van der Waals surface area contributed by atoms with E-state index < -0.39 is 0 Å². The summed E-state index contributed by atoms with van der Waals surface area (Å²) in [5.41, 5.74) is 1.62. The van der Waals surface area contributed by atoms with E-state index >= 15 is 0 Å². The smallest absolute Gasteiger partial charge is 0.279 e. The molecule has 0 aliphatic carbocycles. The third-order valence-electron chi connectivity index (χ3n) is 13.2. The highest BCUT2D eigenvalue weighted by Crippen LogP contribution is 2.20. The van der Waals surface area contributed by atoms with E-state index in [0.717, 1.165) is 87.7 Å². The lowest BCUT2D eigenvalue weighted by Gasteiger charge is -2.30. The van der Waals surface area contributed by atoms with Crippen molar-refractivity contribution in [3.05, 3.63) is 48.5 Å². The standard InChI is InChI=1S/C58H102N4O4/c1-7-9-11-13-15-17-19-21-23-25-27-29-33-37-49-65-55-43-39-53(40-44-55)59-57(63)51-61(3,4)47-35-31-32-36-48-62(5,6)52-58(64)60-54-41-45-56(46-42-54)66-50-38-34-30-28-26-24-22-20-18-16-14-12-10-8-2/h39-46H,7-38,47-52H2,1-6H3/p+2. The van der Waals surface area contributed by atoms with Crippen molar-refractivity contribution in [3.63, 3.8) is 0 Å². The summed E-state index contributed by atoms with van der Waals surface area (Å²) in [5.74, 6) is 1.79. The van der Waals surface area contributed by atoms with Crippen LogP contribution in [0.2, 0.25) is 0 Å². The summed E-state index contributed by atoms with van der Waals surface area (Å²) in [5, 5.41) is 6.16. The van der Waals surface area contributed by atoms with Crippen molar-refractivity contribution in [1.82, 2.24) is 0 Å². The van der Waals surface area contributed by atoms with Gasteiger partial charge in [0, 0.05) is 11.4 Å². The number of rotatable bonds is 45. The van der Waals surface area contributed by atoms with Crippen LogP contribution in [0.4, 0.5) is 11.4 Å². The van der Waals surface area contributed by atoms with Crippen molar-refractivity contribution in [2.75, 3.05) is 78.2 Å². The molecule has 2 aromatic rings. The number of nitrogens with zero attached hydrogens (tertiary/aromatic N) is 2. The maximum atomic E-state index is 12.9. The summed E-state index contributed by atoms with van der Waals surface area (Å²) >= 11 is 0. The molecule has 0 radical (unpaired) electrons. The summed E-state index contributed by atoms with van der Waals surface area (Å²) in [6, 6.07) is 15.6. The van der Waals surface area contributed by atoms with Crippen molar-refractivity contribution in [3.8, 4) is 11.5 Å². The van der Waals surface area contributed by atoms with E-state index in [-0.39, 0.29) is 11.8 Å². The number of carbonyl (C=O) groups is 2. The summed E-state index contributed by atoms with van der Waals surface area (Å²) < 4.78 is 13.3. The first-order chi connectivity index (χ1) is 32.0. The van der Waals surface area contributed by atoms with Gasteiger partial charge >= 0.3 is 0 Å². The first-order valence-electron chi connectivity index (χ1n) is 27.7. The molecule has 0 saturated carbocycles. The van der Waals surface area contributed by atoms with Crippen LogP contribution in [0.1, 0.15) is 219 Å². The molecule has 0 heterocycles. The van der Waals surface area contributed by atoms with Crippen LogP contribution in [0, 0.1) is 0 Å². The lowest BCUT2D eigenvalue weighted by Crippen LogP contribution is -2.46. The average Bonchev–Trinajstić information content (AvgIpc) is 3.28. The number of anilines is 2. The number of carbonyl (C=O) groups excluding carboxylic acids is 2. The highest BCUT2D eigenvalue weighted by atomic mass is 16.5. The van der Waals surface area contributed by atoms with Crippen LogP contribution in [0.5, 0.6) is 11.5 Å². The van der Waals surface area contributed by atoms with E-state index in [1.165, 1.54) is 167 Å². The maximum Gasteiger partial charge on any atom is 0.279 e. The molecule has 66 heavy (non-hydrogen) atoms. The number of amides is 2. The van der Waals surface area contributed by atoms with Gasteiger partial charge in [0.2, 0.25) is 0 Å². The van der Waals surface area contributed by atoms with Crippen molar-refractivity contribution >= 4 is 23.2 Å². The Kier molecular flexibility index (Phi) is 34.7. The molecular formula is C58H104N4O4+2. The zero-order valence-electron chi connectivity index (χ0n) is 44.0. The minimum atomic E-state index is 0.0353. The largest absolute Gasteiger partial charge is 0.494 e. The first kappa shape index (κ1) is 59.0. The molecule has 0 bridgehead atoms. The monoisotopic (exact) mass is 921 g/mol. The van der Waals surface area contributed by atoms with E-state index in [4.69, 9.17) is 9.47 Å². The van der Waals surface area contributed by atoms with Gasteiger partial charge < -0.3 is 29.1 Å².